The molecule has 1 fully saturated rings. The molecule has 0 amide bonds. The Balaban J connectivity index is 2.01. The van der Waals surface area contributed by atoms with E-state index in [1.54, 1.807) is 6.07 Å². The molecule has 0 radical (unpaired) electrons. The Kier molecular flexibility index (Phi) is 2.83. The molecule has 3 heterocycles. The summed E-state index contributed by atoms with van der Waals surface area (Å²) < 4.78 is 1.95. The van der Waals surface area contributed by atoms with Crippen LogP contribution in [0.2, 0.25) is 0 Å². The number of nitrogens with zero attached hydrogens (tertiary/aromatic N) is 4. The smallest absolute Gasteiger partial charge is 0.171 e. The Morgan fingerprint density at radius 3 is 3.11 bits per heavy atom. The molecule has 2 aromatic heterocycles. The number of likely N-dealkylation sites (tertiary alicyclic amines) is 1. The van der Waals surface area contributed by atoms with E-state index in [9.17, 15) is 4.79 Å². The number of carbonyl (C=O) groups excluding carboxylic acids is 1. The summed E-state index contributed by atoms with van der Waals surface area (Å²) in [6, 6.07) is 3.64. The van der Waals surface area contributed by atoms with Crippen LogP contribution in [0.1, 0.15) is 35.4 Å². The number of hydrogen-bond acceptors (Lipinski definition) is 4. The summed E-state index contributed by atoms with van der Waals surface area (Å²) in [4.78, 5) is 13.4. The molecule has 0 spiro atoms. The van der Waals surface area contributed by atoms with Gasteiger partial charge in [0.1, 0.15) is 5.82 Å². The lowest BCUT2D eigenvalue weighted by Gasteiger charge is -2.11. The maximum absolute atomic E-state index is 11.0. The predicted octanol–water partition coefficient (Wildman–Crippen LogP) is 1.35. The Morgan fingerprint density at radius 2 is 2.39 bits per heavy atom. The van der Waals surface area contributed by atoms with Crippen LogP contribution in [0, 0.1) is 0 Å². The van der Waals surface area contributed by atoms with Gasteiger partial charge >= 0.3 is 0 Å². The lowest BCUT2D eigenvalue weighted by molar-refractivity contribution is 0.112. The average molecular weight is 244 g/mol. The number of fused-ring (bicyclic) bond motifs is 1. The van der Waals surface area contributed by atoms with E-state index in [0.717, 1.165) is 38.2 Å². The van der Waals surface area contributed by atoms with E-state index in [4.69, 9.17) is 0 Å². The van der Waals surface area contributed by atoms with Gasteiger partial charge in [0.2, 0.25) is 0 Å². The normalized spacial score (nSPS) is 20.6. The van der Waals surface area contributed by atoms with Crippen molar-refractivity contribution in [2.75, 3.05) is 19.6 Å². The lowest BCUT2D eigenvalue weighted by Crippen LogP contribution is -2.19. The molecule has 1 unspecified atom stereocenters. The number of pyridine rings is 1. The Hall–Kier alpha value is -1.75. The van der Waals surface area contributed by atoms with E-state index in [1.807, 2.05) is 16.7 Å². The second kappa shape index (κ2) is 4.49. The molecule has 3 rings (SSSR count). The van der Waals surface area contributed by atoms with Crippen molar-refractivity contribution in [1.29, 1.82) is 0 Å². The van der Waals surface area contributed by atoms with Gasteiger partial charge in [0.05, 0.1) is 5.56 Å². The fraction of sp³-hybridized carbons (Fsp3) is 0.462. The molecular formula is C13H16N4O. The molecule has 1 saturated heterocycles. The topological polar surface area (TPSA) is 50.5 Å². The first-order valence-corrected chi connectivity index (χ1v) is 6.34. The zero-order valence-electron chi connectivity index (χ0n) is 10.4. The first-order valence-electron chi connectivity index (χ1n) is 6.34. The minimum Gasteiger partial charge on any atom is -0.303 e. The van der Waals surface area contributed by atoms with Gasteiger partial charge in [-0.25, -0.2) is 0 Å². The van der Waals surface area contributed by atoms with Gasteiger partial charge in [-0.3, -0.25) is 9.20 Å². The van der Waals surface area contributed by atoms with Crippen molar-refractivity contribution >= 4 is 11.9 Å². The van der Waals surface area contributed by atoms with Crippen molar-refractivity contribution in [3.8, 4) is 0 Å². The van der Waals surface area contributed by atoms with E-state index >= 15 is 0 Å². The van der Waals surface area contributed by atoms with Crippen molar-refractivity contribution in [3.05, 3.63) is 29.7 Å². The third kappa shape index (κ3) is 1.71. The van der Waals surface area contributed by atoms with E-state index < -0.39 is 0 Å². The number of rotatable bonds is 3. The van der Waals surface area contributed by atoms with Crippen LogP contribution in [0.4, 0.5) is 0 Å². The van der Waals surface area contributed by atoms with Gasteiger partial charge in [-0.1, -0.05) is 6.92 Å². The predicted molar refractivity (Wildman–Crippen MR) is 67.8 cm³/mol. The van der Waals surface area contributed by atoms with Gasteiger partial charge in [-0.2, -0.15) is 0 Å². The molecular weight excluding hydrogens is 228 g/mol. The van der Waals surface area contributed by atoms with Crippen molar-refractivity contribution < 1.29 is 4.79 Å². The summed E-state index contributed by atoms with van der Waals surface area (Å²) in [6.07, 6.45) is 3.88. The summed E-state index contributed by atoms with van der Waals surface area (Å²) >= 11 is 0. The van der Waals surface area contributed by atoms with Crippen LogP contribution < -0.4 is 0 Å². The number of carbonyl (C=O) groups is 1. The molecule has 1 aliphatic rings. The second-order valence-electron chi connectivity index (χ2n) is 4.71. The first-order chi connectivity index (χ1) is 8.83. The maximum Gasteiger partial charge on any atom is 0.171 e. The molecule has 0 aliphatic carbocycles. The number of likely N-dealkylation sites (N-methyl/N-ethyl adjacent to an activating group) is 1. The van der Waals surface area contributed by atoms with Crippen LogP contribution in [0.5, 0.6) is 0 Å². The molecule has 5 nitrogen and oxygen atoms in total. The van der Waals surface area contributed by atoms with Crippen LogP contribution in [0.25, 0.3) is 5.65 Å². The summed E-state index contributed by atoms with van der Waals surface area (Å²) in [6.45, 7) is 5.40. The third-order valence-corrected chi connectivity index (χ3v) is 3.70. The summed E-state index contributed by atoms with van der Waals surface area (Å²) in [5.41, 5.74) is 1.26. The number of aldehydes is 1. The Morgan fingerprint density at radius 1 is 1.50 bits per heavy atom. The number of aromatic nitrogens is 3. The van der Waals surface area contributed by atoms with Crippen molar-refractivity contribution in [1.82, 2.24) is 19.5 Å². The van der Waals surface area contributed by atoms with Crippen LogP contribution in [-0.2, 0) is 0 Å². The second-order valence-corrected chi connectivity index (χ2v) is 4.71. The van der Waals surface area contributed by atoms with Gasteiger partial charge in [-0.15, -0.1) is 10.2 Å². The SMILES string of the molecule is CCN1CCC(c2nnc3c(C=O)cccn23)C1. The van der Waals surface area contributed by atoms with Gasteiger partial charge in [0.15, 0.2) is 11.9 Å². The Bertz CT molecular complexity index is 577. The molecule has 0 bridgehead atoms. The van der Waals surface area contributed by atoms with Crippen LogP contribution in [-0.4, -0.2) is 45.4 Å². The minimum atomic E-state index is 0.418. The molecule has 2 aromatic rings. The molecule has 0 saturated carbocycles. The molecule has 0 N–H and O–H groups in total. The van der Waals surface area contributed by atoms with Gasteiger partial charge in [0, 0.05) is 18.7 Å². The fourth-order valence-corrected chi connectivity index (χ4v) is 2.66. The summed E-state index contributed by atoms with van der Waals surface area (Å²) in [7, 11) is 0. The molecule has 18 heavy (non-hydrogen) atoms. The highest BCUT2D eigenvalue weighted by Gasteiger charge is 2.26. The first kappa shape index (κ1) is 11.3. The van der Waals surface area contributed by atoms with Gasteiger partial charge in [0.25, 0.3) is 0 Å². The van der Waals surface area contributed by atoms with E-state index in [0.29, 0.717) is 17.1 Å². The van der Waals surface area contributed by atoms with E-state index in [2.05, 4.69) is 22.0 Å². The molecule has 94 valence electrons. The quantitative estimate of drug-likeness (QED) is 0.765. The Labute approximate surface area is 105 Å². The van der Waals surface area contributed by atoms with Crippen LogP contribution in [0.15, 0.2) is 18.3 Å². The highest BCUT2D eigenvalue weighted by Crippen LogP contribution is 2.26. The molecule has 5 heteroatoms. The summed E-state index contributed by atoms with van der Waals surface area (Å²) in [5, 5.41) is 8.43. The van der Waals surface area contributed by atoms with Crippen molar-refractivity contribution in [2.24, 2.45) is 0 Å². The maximum atomic E-state index is 11.0. The van der Waals surface area contributed by atoms with Crippen molar-refractivity contribution in [2.45, 2.75) is 19.3 Å². The average Bonchev–Trinajstić information content (AvgIpc) is 3.03. The largest absolute Gasteiger partial charge is 0.303 e. The van der Waals surface area contributed by atoms with E-state index in [1.165, 1.54) is 0 Å². The minimum absolute atomic E-state index is 0.418. The zero-order valence-corrected chi connectivity index (χ0v) is 10.4. The lowest BCUT2D eigenvalue weighted by atomic mass is 10.1. The van der Waals surface area contributed by atoms with Crippen molar-refractivity contribution in [3.63, 3.8) is 0 Å². The van der Waals surface area contributed by atoms with Gasteiger partial charge < -0.3 is 4.90 Å². The van der Waals surface area contributed by atoms with Crippen LogP contribution in [0.3, 0.4) is 0 Å². The fourth-order valence-electron chi connectivity index (χ4n) is 2.66. The highest BCUT2D eigenvalue weighted by atomic mass is 16.1. The molecule has 1 atom stereocenters. The highest BCUT2D eigenvalue weighted by molar-refractivity contribution is 5.83. The third-order valence-electron chi connectivity index (χ3n) is 3.70. The van der Waals surface area contributed by atoms with E-state index in [-0.39, 0.29) is 0 Å². The number of hydrogen-bond donors (Lipinski definition) is 0. The standard InChI is InChI=1S/C13H16N4O/c1-2-16-7-5-10(8-16)12-14-15-13-11(9-18)4-3-6-17(12)13/h3-4,6,9-10H,2,5,7-8H2,1H3. The van der Waals surface area contributed by atoms with Gasteiger partial charge in [-0.05, 0) is 31.6 Å². The summed E-state index contributed by atoms with van der Waals surface area (Å²) in [5.74, 6) is 1.39. The molecule has 0 aromatic carbocycles. The zero-order chi connectivity index (χ0) is 12.5. The monoisotopic (exact) mass is 244 g/mol. The molecule has 1 aliphatic heterocycles. The van der Waals surface area contributed by atoms with Crippen LogP contribution >= 0.6 is 0 Å².